The lowest BCUT2D eigenvalue weighted by atomic mass is 9.73. The van der Waals surface area contributed by atoms with Crippen molar-refractivity contribution in [2.45, 2.75) is 64.3 Å². The van der Waals surface area contributed by atoms with E-state index in [1.165, 1.54) is 11.6 Å². The van der Waals surface area contributed by atoms with Gasteiger partial charge in [-0.2, -0.15) is 0 Å². The Kier molecular flexibility index (Phi) is 6.07. The fraction of sp³-hybridized carbons (Fsp3) is 0.393. The number of nitrogens with zero attached hydrogens (tertiary/aromatic N) is 2. The summed E-state index contributed by atoms with van der Waals surface area (Å²) < 4.78 is 13.9. The molecular formula is C28H31FN4O. The highest BCUT2D eigenvalue weighted by atomic mass is 19.1. The Morgan fingerprint density at radius 1 is 1.03 bits per heavy atom. The molecule has 34 heavy (non-hydrogen) atoms. The number of H-pyrrole nitrogens is 1. The Morgan fingerprint density at radius 3 is 2.56 bits per heavy atom. The van der Waals surface area contributed by atoms with E-state index in [4.69, 9.17) is 4.98 Å². The predicted molar refractivity (Wildman–Crippen MR) is 134 cm³/mol. The highest BCUT2D eigenvalue weighted by Crippen LogP contribution is 2.43. The van der Waals surface area contributed by atoms with E-state index in [0.29, 0.717) is 23.3 Å². The van der Waals surface area contributed by atoms with Gasteiger partial charge in [0.1, 0.15) is 11.6 Å². The first-order valence-electron chi connectivity index (χ1n) is 12.2. The molecule has 176 valence electrons. The van der Waals surface area contributed by atoms with E-state index in [2.05, 4.69) is 28.3 Å². The van der Waals surface area contributed by atoms with Gasteiger partial charge in [-0.25, -0.2) is 9.37 Å². The molecule has 0 unspecified atom stereocenters. The van der Waals surface area contributed by atoms with Crippen LogP contribution in [0.2, 0.25) is 0 Å². The van der Waals surface area contributed by atoms with Crippen LogP contribution in [0.15, 0.2) is 48.7 Å². The number of nitrogens with one attached hydrogen (secondary N) is 2. The van der Waals surface area contributed by atoms with Crippen molar-refractivity contribution >= 4 is 27.8 Å². The van der Waals surface area contributed by atoms with Gasteiger partial charge in [0, 0.05) is 29.1 Å². The summed E-state index contributed by atoms with van der Waals surface area (Å²) in [5.41, 5.74) is 4.51. The summed E-state index contributed by atoms with van der Waals surface area (Å²) in [7, 11) is 0. The zero-order valence-electron chi connectivity index (χ0n) is 19.9. The molecule has 2 aromatic carbocycles. The molecule has 0 aliphatic heterocycles. The smallest absolute Gasteiger partial charge is 0.251 e. The third kappa shape index (κ3) is 4.41. The van der Waals surface area contributed by atoms with Gasteiger partial charge < -0.3 is 10.3 Å². The summed E-state index contributed by atoms with van der Waals surface area (Å²) in [6, 6.07) is 12.7. The number of benzene rings is 2. The topological polar surface area (TPSA) is 70.7 Å². The Morgan fingerprint density at radius 2 is 1.79 bits per heavy atom. The van der Waals surface area contributed by atoms with Gasteiger partial charge in [-0.3, -0.25) is 9.78 Å². The zero-order chi connectivity index (χ0) is 23.8. The molecule has 1 aliphatic rings. The Balaban J connectivity index is 1.30. The molecule has 4 aromatic rings. The van der Waals surface area contributed by atoms with Crippen LogP contribution in [0, 0.1) is 11.7 Å². The van der Waals surface area contributed by atoms with E-state index in [-0.39, 0.29) is 17.8 Å². The average Bonchev–Trinajstić information content (AvgIpc) is 3.26. The van der Waals surface area contributed by atoms with Crippen molar-refractivity contribution in [1.82, 2.24) is 20.3 Å². The molecule has 1 amide bonds. The fourth-order valence-electron chi connectivity index (χ4n) is 5.38. The maximum atomic E-state index is 13.9. The zero-order valence-corrected chi connectivity index (χ0v) is 19.9. The number of imidazole rings is 1. The van der Waals surface area contributed by atoms with Gasteiger partial charge >= 0.3 is 0 Å². The SMILES string of the molecule is CC(C)NC(=O)c1ccc2nc([C@H](C)[C@H]3CC[C@@H](c4ccnc5ccc(F)cc54)CC3)[nH]c2c1. The van der Waals surface area contributed by atoms with E-state index in [1.807, 2.05) is 38.2 Å². The lowest BCUT2D eigenvalue weighted by molar-refractivity contribution is 0.0943. The van der Waals surface area contributed by atoms with Crippen molar-refractivity contribution in [3.05, 3.63) is 71.4 Å². The van der Waals surface area contributed by atoms with Crippen molar-refractivity contribution in [3.8, 4) is 0 Å². The number of halogens is 1. The third-order valence-electron chi connectivity index (χ3n) is 7.27. The van der Waals surface area contributed by atoms with Crippen molar-refractivity contribution in [1.29, 1.82) is 0 Å². The van der Waals surface area contributed by atoms with E-state index >= 15 is 0 Å². The molecule has 0 bridgehead atoms. The maximum absolute atomic E-state index is 13.9. The average molecular weight is 459 g/mol. The number of aromatic amines is 1. The summed E-state index contributed by atoms with van der Waals surface area (Å²) in [4.78, 5) is 25.1. The minimum absolute atomic E-state index is 0.0667. The molecule has 5 nitrogen and oxygen atoms in total. The van der Waals surface area contributed by atoms with Gasteiger partial charge in [0.05, 0.1) is 16.6 Å². The third-order valence-corrected chi connectivity index (χ3v) is 7.27. The lowest BCUT2D eigenvalue weighted by Crippen LogP contribution is -2.29. The van der Waals surface area contributed by atoms with Crippen LogP contribution in [-0.4, -0.2) is 26.9 Å². The van der Waals surface area contributed by atoms with Crippen LogP contribution < -0.4 is 5.32 Å². The highest BCUT2D eigenvalue weighted by Gasteiger charge is 2.29. The van der Waals surface area contributed by atoms with Crippen LogP contribution in [0.5, 0.6) is 0 Å². The number of hydrogen-bond acceptors (Lipinski definition) is 3. The quantitative estimate of drug-likeness (QED) is 0.360. The summed E-state index contributed by atoms with van der Waals surface area (Å²) in [6.45, 7) is 6.15. The number of hydrogen-bond donors (Lipinski definition) is 2. The normalized spacial score (nSPS) is 19.6. The second kappa shape index (κ2) is 9.16. The fourth-order valence-corrected chi connectivity index (χ4v) is 5.38. The molecule has 6 heteroatoms. The molecule has 0 radical (unpaired) electrons. The first kappa shape index (κ1) is 22.5. The largest absolute Gasteiger partial charge is 0.350 e. The van der Waals surface area contributed by atoms with E-state index in [9.17, 15) is 9.18 Å². The van der Waals surface area contributed by atoms with Crippen LogP contribution in [0.3, 0.4) is 0 Å². The van der Waals surface area contributed by atoms with Gasteiger partial charge in [0.15, 0.2) is 0 Å². The molecule has 2 N–H and O–H groups in total. The monoisotopic (exact) mass is 458 g/mol. The number of amides is 1. The minimum atomic E-state index is -0.209. The summed E-state index contributed by atoms with van der Waals surface area (Å²) in [5, 5.41) is 3.88. The number of fused-ring (bicyclic) bond motifs is 2. The van der Waals surface area contributed by atoms with Crippen LogP contribution in [0.1, 0.15) is 80.0 Å². The molecule has 1 saturated carbocycles. The number of rotatable bonds is 5. The lowest BCUT2D eigenvalue weighted by Gasteiger charge is -2.32. The number of carbonyl (C=O) groups excluding carboxylic acids is 1. The number of pyridine rings is 1. The van der Waals surface area contributed by atoms with Gasteiger partial charge in [-0.15, -0.1) is 0 Å². The Bertz CT molecular complexity index is 1340. The van der Waals surface area contributed by atoms with Gasteiger partial charge in [0.25, 0.3) is 5.91 Å². The van der Waals surface area contributed by atoms with E-state index in [1.54, 1.807) is 12.1 Å². The van der Waals surface area contributed by atoms with Crippen LogP contribution in [0.25, 0.3) is 21.9 Å². The van der Waals surface area contributed by atoms with Gasteiger partial charge in [0.2, 0.25) is 0 Å². The molecule has 1 aliphatic carbocycles. The summed E-state index contributed by atoms with van der Waals surface area (Å²) in [6.07, 6.45) is 6.19. The maximum Gasteiger partial charge on any atom is 0.251 e. The van der Waals surface area contributed by atoms with Crippen LogP contribution in [-0.2, 0) is 0 Å². The van der Waals surface area contributed by atoms with Crippen molar-refractivity contribution in [2.75, 3.05) is 0 Å². The number of aromatic nitrogens is 3. The second-order valence-electron chi connectivity index (χ2n) is 9.94. The minimum Gasteiger partial charge on any atom is -0.350 e. The predicted octanol–water partition coefficient (Wildman–Crippen LogP) is 6.47. The van der Waals surface area contributed by atoms with Gasteiger partial charge in [-0.05, 0) is 99.4 Å². The molecule has 2 heterocycles. The van der Waals surface area contributed by atoms with E-state index in [0.717, 1.165) is 53.4 Å². The molecule has 5 rings (SSSR count). The standard InChI is InChI=1S/C28H31FN4O/c1-16(2)31-28(34)20-8-10-25-26(14-20)33-27(32-25)17(3)18-4-6-19(7-5-18)22-12-13-30-24-11-9-21(29)15-23(22)24/h8-19H,4-7H2,1-3H3,(H,31,34)(H,32,33)/t17-,18-,19+/m1/s1. The Labute approximate surface area is 199 Å². The summed E-state index contributed by atoms with van der Waals surface area (Å²) >= 11 is 0. The second-order valence-corrected chi connectivity index (χ2v) is 9.94. The van der Waals surface area contributed by atoms with Crippen molar-refractivity contribution in [3.63, 3.8) is 0 Å². The molecule has 2 aromatic heterocycles. The summed E-state index contributed by atoms with van der Waals surface area (Å²) in [5.74, 6) is 1.96. The van der Waals surface area contributed by atoms with Crippen molar-refractivity contribution in [2.24, 2.45) is 5.92 Å². The molecule has 1 fully saturated rings. The van der Waals surface area contributed by atoms with E-state index < -0.39 is 0 Å². The first-order chi connectivity index (χ1) is 16.4. The van der Waals surface area contributed by atoms with Crippen LogP contribution in [0.4, 0.5) is 4.39 Å². The molecule has 1 atom stereocenters. The first-order valence-corrected chi connectivity index (χ1v) is 12.2. The van der Waals surface area contributed by atoms with Crippen LogP contribution >= 0.6 is 0 Å². The van der Waals surface area contributed by atoms with Crippen molar-refractivity contribution < 1.29 is 9.18 Å². The molecular weight excluding hydrogens is 427 g/mol. The molecule has 0 saturated heterocycles. The molecule has 0 spiro atoms. The number of carbonyl (C=O) groups is 1. The van der Waals surface area contributed by atoms with Gasteiger partial charge in [-0.1, -0.05) is 6.92 Å². The Hall–Kier alpha value is -3.28. The highest BCUT2D eigenvalue weighted by molar-refractivity contribution is 5.97.